The van der Waals surface area contributed by atoms with Crippen molar-refractivity contribution >= 4 is 52.5 Å². The molecule has 0 radical (unpaired) electrons. The lowest BCUT2D eigenvalue weighted by Gasteiger charge is -2.21. The lowest BCUT2D eigenvalue weighted by molar-refractivity contribution is 0.0929. The standard InChI is InChI=1S/C24H25Cl3N4OS/c1-4-11-31-22(29-30-24(31)33-14-16-9-10-17(25)13-20(16)27)21(12-15(2)3)28-23(32)18-7-5-6-8-19(18)26/h4-10,13,15,21H,1,11-12,14H2,2-3H3,(H,28,32)/t21-/m0/s1. The minimum absolute atomic E-state index is 0.249. The summed E-state index contributed by atoms with van der Waals surface area (Å²) >= 11 is 20.1. The molecular weight excluding hydrogens is 499 g/mol. The number of carbonyl (C=O) groups excluding carboxylic acids is 1. The van der Waals surface area contributed by atoms with Crippen LogP contribution in [0.15, 0.2) is 60.3 Å². The fourth-order valence-corrected chi connectivity index (χ4v) is 5.06. The normalized spacial score (nSPS) is 12.1. The van der Waals surface area contributed by atoms with E-state index in [4.69, 9.17) is 34.8 Å². The third kappa shape index (κ3) is 6.76. The third-order valence-corrected chi connectivity index (χ3v) is 6.80. The van der Waals surface area contributed by atoms with Gasteiger partial charge in [-0.1, -0.05) is 84.7 Å². The summed E-state index contributed by atoms with van der Waals surface area (Å²) in [6.45, 7) is 8.58. The second-order valence-corrected chi connectivity index (χ2v) is 10.1. The van der Waals surface area contributed by atoms with Crippen molar-refractivity contribution in [1.82, 2.24) is 20.1 Å². The lowest BCUT2D eigenvalue weighted by Crippen LogP contribution is -2.31. The van der Waals surface area contributed by atoms with E-state index in [1.54, 1.807) is 36.4 Å². The van der Waals surface area contributed by atoms with Gasteiger partial charge in [0.25, 0.3) is 5.91 Å². The van der Waals surface area contributed by atoms with Crippen molar-refractivity contribution in [2.45, 2.75) is 43.8 Å². The van der Waals surface area contributed by atoms with E-state index in [2.05, 4.69) is 35.9 Å². The molecule has 0 spiro atoms. The highest BCUT2D eigenvalue weighted by Gasteiger charge is 2.25. The van der Waals surface area contributed by atoms with E-state index in [9.17, 15) is 4.79 Å². The molecule has 0 saturated heterocycles. The van der Waals surface area contributed by atoms with Crippen LogP contribution in [-0.4, -0.2) is 20.7 Å². The molecule has 1 heterocycles. The topological polar surface area (TPSA) is 59.8 Å². The highest BCUT2D eigenvalue weighted by molar-refractivity contribution is 7.98. The number of nitrogens with zero attached hydrogens (tertiary/aromatic N) is 3. The fraction of sp³-hybridized carbons (Fsp3) is 0.292. The highest BCUT2D eigenvalue weighted by atomic mass is 35.5. The summed E-state index contributed by atoms with van der Waals surface area (Å²) < 4.78 is 1.97. The number of hydrogen-bond donors (Lipinski definition) is 1. The largest absolute Gasteiger partial charge is 0.342 e. The van der Waals surface area contributed by atoms with Gasteiger partial charge in [0.15, 0.2) is 11.0 Å². The predicted octanol–water partition coefficient (Wildman–Crippen LogP) is 7.23. The molecule has 9 heteroatoms. The molecule has 174 valence electrons. The van der Waals surface area contributed by atoms with Crippen LogP contribution in [0.1, 0.15) is 48.1 Å². The van der Waals surface area contributed by atoms with Crippen LogP contribution in [0, 0.1) is 5.92 Å². The molecule has 1 amide bonds. The summed E-state index contributed by atoms with van der Waals surface area (Å²) in [5.74, 6) is 1.35. The molecule has 1 aromatic heterocycles. The van der Waals surface area contributed by atoms with Gasteiger partial charge >= 0.3 is 0 Å². The maximum absolute atomic E-state index is 13.0. The number of nitrogens with one attached hydrogen (secondary N) is 1. The number of halogens is 3. The van der Waals surface area contributed by atoms with Gasteiger partial charge in [0.2, 0.25) is 0 Å². The molecule has 0 fully saturated rings. The van der Waals surface area contributed by atoms with Gasteiger partial charge < -0.3 is 9.88 Å². The first-order valence-corrected chi connectivity index (χ1v) is 12.6. The van der Waals surface area contributed by atoms with Gasteiger partial charge in [0.1, 0.15) is 0 Å². The molecule has 3 rings (SSSR count). The van der Waals surface area contributed by atoms with E-state index in [0.717, 1.165) is 10.7 Å². The Bertz CT molecular complexity index is 1130. The van der Waals surface area contributed by atoms with Gasteiger partial charge in [-0.05, 0) is 42.2 Å². The van der Waals surface area contributed by atoms with Crippen molar-refractivity contribution in [3.05, 3.63) is 87.1 Å². The van der Waals surface area contributed by atoms with Gasteiger partial charge in [-0.2, -0.15) is 0 Å². The summed E-state index contributed by atoms with van der Waals surface area (Å²) in [6.07, 6.45) is 2.48. The van der Waals surface area contributed by atoms with Crippen LogP contribution in [0.3, 0.4) is 0 Å². The molecule has 0 unspecified atom stereocenters. The molecule has 0 aliphatic rings. The zero-order chi connectivity index (χ0) is 24.0. The molecule has 1 N–H and O–H groups in total. The number of allylic oxidation sites excluding steroid dienone is 1. The van der Waals surface area contributed by atoms with Crippen molar-refractivity contribution < 1.29 is 4.79 Å². The lowest BCUT2D eigenvalue weighted by atomic mass is 10.0. The van der Waals surface area contributed by atoms with Gasteiger partial charge in [0.05, 0.1) is 16.6 Å². The van der Waals surface area contributed by atoms with Crippen LogP contribution in [0.5, 0.6) is 0 Å². The maximum Gasteiger partial charge on any atom is 0.253 e. The van der Waals surface area contributed by atoms with Gasteiger partial charge in [-0.25, -0.2) is 0 Å². The number of rotatable bonds is 10. The summed E-state index contributed by atoms with van der Waals surface area (Å²) in [7, 11) is 0. The van der Waals surface area contributed by atoms with Crippen LogP contribution in [0.25, 0.3) is 0 Å². The number of aromatic nitrogens is 3. The smallest absolute Gasteiger partial charge is 0.253 e. The third-order valence-electron chi connectivity index (χ3n) is 4.87. The van der Waals surface area contributed by atoms with Gasteiger partial charge in [-0.15, -0.1) is 16.8 Å². The first-order valence-electron chi connectivity index (χ1n) is 10.5. The van der Waals surface area contributed by atoms with Crippen molar-refractivity contribution in [1.29, 1.82) is 0 Å². The Morgan fingerprint density at radius 2 is 1.91 bits per heavy atom. The molecule has 3 aromatic rings. The van der Waals surface area contributed by atoms with Gasteiger partial charge in [0, 0.05) is 22.3 Å². The summed E-state index contributed by atoms with van der Waals surface area (Å²) in [4.78, 5) is 13.0. The van der Waals surface area contributed by atoms with Crippen molar-refractivity contribution in [3.8, 4) is 0 Å². The van der Waals surface area contributed by atoms with E-state index in [0.29, 0.717) is 51.1 Å². The molecule has 0 saturated carbocycles. The summed E-state index contributed by atoms with van der Waals surface area (Å²) in [5.41, 5.74) is 1.38. The highest BCUT2D eigenvalue weighted by Crippen LogP contribution is 2.30. The Balaban J connectivity index is 1.87. The summed E-state index contributed by atoms with van der Waals surface area (Å²) in [5, 5.41) is 14.3. The zero-order valence-corrected chi connectivity index (χ0v) is 21.5. The van der Waals surface area contributed by atoms with E-state index in [1.807, 2.05) is 16.7 Å². The number of thioether (sulfide) groups is 1. The minimum atomic E-state index is -0.338. The van der Waals surface area contributed by atoms with E-state index in [1.165, 1.54) is 11.8 Å². The van der Waals surface area contributed by atoms with Crippen LogP contribution < -0.4 is 5.32 Å². The van der Waals surface area contributed by atoms with Crippen molar-refractivity contribution in [2.75, 3.05) is 0 Å². The Labute approximate surface area is 213 Å². The average Bonchev–Trinajstić information content (AvgIpc) is 3.15. The first kappa shape index (κ1) is 25.6. The van der Waals surface area contributed by atoms with Crippen LogP contribution in [-0.2, 0) is 12.3 Å². The molecule has 0 aliphatic carbocycles. The van der Waals surface area contributed by atoms with Crippen molar-refractivity contribution in [3.63, 3.8) is 0 Å². The van der Waals surface area contributed by atoms with E-state index in [-0.39, 0.29) is 11.9 Å². The zero-order valence-electron chi connectivity index (χ0n) is 18.4. The number of hydrogen-bond acceptors (Lipinski definition) is 4. The maximum atomic E-state index is 13.0. The van der Waals surface area contributed by atoms with Crippen LogP contribution >= 0.6 is 46.6 Å². The summed E-state index contributed by atoms with van der Waals surface area (Å²) in [6, 6.07) is 12.1. The van der Waals surface area contributed by atoms with E-state index >= 15 is 0 Å². The van der Waals surface area contributed by atoms with Crippen LogP contribution in [0.4, 0.5) is 0 Å². The Morgan fingerprint density at radius 1 is 1.15 bits per heavy atom. The van der Waals surface area contributed by atoms with Gasteiger partial charge in [-0.3, -0.25) is 4.79 Å². The molecule has 2 aromatic carbocycles. The number of carbonyl (C=O) groups is 1. The minimum Gasteiger partial charge on any atom is -0.342 e. The molecule has 33 heavy (non-hydrogen) atoms. The molecule has 5 nitrogen and oxygen atoms in total. The van der Waals surface area contributed by atoms with Crippen LogP contribution in [0.2, 0.25) is 15.1 Å². The fourth-order valence-electron chi connectivity index (χ4n) is 3.33. The second-order valence-electron chi connectivity index (χ2n) is 7.90. The van der Waals surface area contributed by atoms with E-state index < -0.39 is 0 Å². The Hall–Kier alpha value is -1.99. The molecular formula is C24H25Cl3N4OS. The van der Waals surface area contributed by atoms with Crippen molar-refractivity contribution in [2.24, 2.45) is 5.92 Å². The predicted molar refractivity (Wildman–Crippen MR) is 137 cm³/mol. The number of amides is 1. The Morgan fingerprint density at radius 3 is 2.58 bits per heavy atom. The quantitative estimate of drug-likeness (QED) is 0.225. The SMILES string of the molecule is C=CCn1c(SCc2ccc(Cl)cc2Cl)nnc1[C@H](CC(C)C)NC(=O)c1ccccc1Cl. The average molecular weight is 524 g/mol. The Kier molecular flexibility index (Phi) is 9.27. The number of benzene rings is 2. The monoisotopic (exact) mass is 522 g/mol. The molecule has 0 bridgehead atoms. The second kappa shape index (κ2) is 11.9. The molecule has 0 aliphatic heterocycles. The molecule has 1 atom stereocenters. The first-order chi connectivity index (χ1) is 15.8.